The van der Waals surface area contributed by atoms with Crippen molar-refractivity contribution in [3.8, 4) is 56.3 Å². The van der Waals surface area contributed by atoms with Gasteiger partial charge in [-0.2, -0.15) is 0 Å². The van der Waals surface area contributed by atoms with Crippen LogP contribution in [0.2, 0.25) is 0 Å². The van der Waals surface area contributed by atoms with Gasteiger partial charge in [0.1, 0.15) is 22.7 Å². The van der Waals surface area contributed by atoms with Crippen LogP contribution in [0, 0.1) is 6.07 Å². The van der Waals surface area contributed by atoms with Gasteiger partial charge in [0.05, 0.1) is 22.3 Å². The molecule has 0 aliphatic rings. The Kier molecular flexibility index (Phi) is 9.64. The number of para-hydroxylation sites is 2. The number of benzene rings is 7. The molecule has 298 valence electrons. The summed E-state index contributed by atoms with van der Waals surface area (Å²) in [6.45, 7) is 13.4. The molecule has 0 radical (unpaired) electrons. The molecule has 0 atom stereocenters. The summed E-state index contributed by atoms with van der Waals surface area (Å²) in [5.74, 6) is 0.818. The topological polar surface area (TPSA) is 64.1 Å². The average molecular weight is 962 g/mol. The molecular formula is C54H44N3O2Pt-. The molecule has 1 N–H and O–H groups in total. The molecule has 0 aliphatic carbocycles. The second-order valence-corrected chi connectivity index (χ2v) is 17.6. The van der Waals surface area contributed by atoms with Gasteiger partial charge in [0, 0.05) is 49.3 Å². The van der Waals surface area contributed by atoms with Crippen LogP contribution in [0.4, 0.5) is 0 Å². The van der Waals surface area contributed by atoms with Crippen LogP contribution in [0.1, 0.15) is 52.7 Å². The predicted molar refractivity (Wildman–Crippen MR) is 243 cm³/mol. The van der Waals surface area contributed by atoms with E-state index in [1.54, 1.807) is 6.07 Å². The second-order valence-electron chi connectivity index (χ2n) is 17.6. The van der Waals surface area contributed by atoms with E-state index in [4.69, 9.17) is 14.4 Å². The van der Waals surface area contributed by atoms with Crippen molar-refractivity contribution >= 4 is 43.7 Å². The molecular weight excluding hydrogens is 918 g/mol. The number of furan rings is 1. The summed E-state index contributed by atoms with van der Waals surface area (Å²) >= 11 is 0. The third kappa shape index (κ3) is 6.62. The molecule has 6 heteroatoms. The number of nitrogens with zero attached hydrogens (tertiary/aromatic N) is 3. The number of phenols is 1. The van der Waals surface area contributed by atoms with E-state index in [9.17, 15) is 5.11 Å². The van der Waals surface area contributed by atoms with E-state index in [2.05, 4.69) is 167 Å². The van der Waals surface area contributed by atoms with Crippen molar-refractivity contribution in [2.24, 2.45) is 0 Å². The summed E-state index contributed by atoms with van der Waals surface area (Å²) in [7, 11) is 0. The zero-order valence-electron chi connectivity index (χ0n) is 34.4. The first-order valence-corrected chi connectivity index (χ1v) is 20.2. The van der Waals surface area contributed by atoms with Crippen molar-refractivity contribution in [1.82, 2.24) is 14.5 Å². The van der Waals surface area contributed by atoms with E-state index in [1.165, 1.54) is 10.9 Å². The fraction of sp³-hybridized carbons (Fsp3) is 0.148. The number of phenolic OH excluding ortho intramolecular Hbond substituents is 1. The Labute approximate surface area is 364 Å². The predicted octanol–water partition coefficient (Wildman–Crippen LogP) is 14.2. The molecule has 3 aromatic heterocycles. The molecule has 0 bridgehead atoms. The minimum atomic E-state index is -0.190. The minimum absolute atomic E-state index is 0. The van der Waals surface area contributed by atoms with Gasteiger partial charge in [-0.15, -0.1) is 29.3 Å². The molecule has 0 amide bonds. The van der Waals surface area contributed by atoms with Crippen LogP contribution in [0.25, 0.3) is 94.3 Å². The Bertz CT molecular complexity index is 3250. The fourth-order valence-corrected chi connectivity index (χ4v) is 8.39. The van der Waals surface area contributed by atoms with Gasteiger partial charge in [0.2, 0.25) is 0 Å². The third-order valence-electron chi connectivity index (χ3n) is 11.6. The van der Waals surface area contributed by atoms with Crippen LogP contribution >= 0.6 is 0 Å². The number of pyridine rings is 1. The van der Waals surface area contributed by atoms with Gasteiger partial charge < -0.3 is 9.52 Å². The maximum Gasteiger partial charge on any atom is 0.148 e. The molecule has 10 aromatic rings. The Hall–Kier alpha value is -6.29. The van der Waals surface area contributed by atoms with Crippen molar-refractivity contribution in [2.75, 3.05) is 0 Å². The van der Waals surface area contributed by atoms with Crippen molar-refractivity contribution in [2.45, 2.75) is 52.4 Å². The first kappa shape index (κ1) is 39.2. The molecule has 5 nitrogen and oxygen atoms in total. The van der Waals surface area contributed by atoms with Crippen LogP contribution in [0.5, 0.6) is 5.75 Å². The molecule has 0 fully saturated rings. The van der Waals surface area contributed by atoms with Crippen LogP contribution in [0.15, 0.2) is 156 Å². The number of hydrogen-bond donors (Lipinski definition) is 1. The standard InChI is InChI=1S/C54H44N3O2.Pt/c1-53(2,3)37-24-25-44(43(32-37)33-15-8-7-9-16-33)57-45-21-14-20-40(50(45)56-52(57)41-19-12-13-22-46(41)58)35-29-36(31-38(30-35)54(4,5)6)49-51-42(27-28-55-49)48-39-18-11-10-17-34(39)23-26-47(48)59-51;/h7-28,30-32,58H,1-6H3;/q-1;. The van der Waals surface area contributed by atoms with Crippen LogP contribution in [0.3, 0.4) is 0 Å². The van der Waals surface area contributed by atoms with Crippen LogP contribution < -0.4 is 0 Å². The van der Waals surface area contributed by atoms with Crippen LogP contribution in [-0.2, 0) is 31.9 Å². The number of rotatable bonds is 5. The Morgan fingerprint density at radius 1 is 0.617 bits per heavy atom. The van der Waals surface area contributed by atoms with Gasteiger partial charge in [-0.3, -0.25) is 9.55 Å². The quantitative estimate of drug-likeness (QED) is 0.175. The number of imidazole rings is 1. The fourth-order valence-electron chi connectivity index (χ4n) is 8.39. The summed E-state index contributed by atoms with van der Waals surface area (Å²) in [5, 5.41) is 15.8. The Morgan fingerprint density at radius 3 is 2.12 bits per heavy atom. The molecule has 0 saturated carbocycles. The van der Waals surface area contributed by atoms with Crippen molar-refractivity contribution < 1.29 is 30.6 Å². The van der Waals surface area contributed by atoms with Gasteiger partial charge in [-0.25, -0.2) is 4.98 Å². The van der Waals surface area contributed by atoms with E-state index in [0.717, 1.165) is 83.1 Å². The van der Waals surface area contributed by atoms with E-state index in [-0.39, 0.29) is 37.6 Å². The van der Waals surface area contributed by atoms with Gasteiger partial charge in [-0.1, -0.05) is 144 Å². The summed E-state index contributed by atoms with van der Waals surface area (Å²) in [5.41, 5.74) is 12.7. The van der Waals surface area contributed by atoms with Crippen molar-refractivity contribution in [3.05, 3.63) is 169 Å². The van der Waals surface area contributed by atoms with Crippen molar-refractivity contribution in [3.63, 3.8) is 0 Å². The maximum atomic E-state index is 11.4. The number of fused-ring (bicyclic) bond motifs is 6. The van der Waals surface area contributed by atoms with Gasteiger partial charge in [-0.05, 0) is 75.2 Å². The average Bonchev–Trinajstić information content (AvgIpc) is 3.82. The summed E-state index contributed by atoms with van der Waals surface area (Å²) in [6, 6.07) is 53.9. The number of hydrogen-bond acceptors (Lipinski definition) is 4. The monoisotopic (exact) mass is 961 g/mol. The maximum absolute atomic E-state index is 11.4. The molecule has 3 heterocycles. The van der Waals surface area contributed by atoms with Gasteiger partial charge >= 0.3 is 0 Å². The summed E-state index contributed by atoms with van der Waals surface area (Å²) in [4.78, 5) is 10.4. The van der Waals surface area contributed by atoms with Gasteiger partial charge in [0.25, 0.3) is 0 Å². The first-order chi connectivity index (χ1) is 28.4. The van der Waals surface area contributed by atoms with Crippen molar-refractivity contribution in [1.29, 1.82) is 0 Å². The molecule has 0 aliphatic heterocycles. The van der Waals surface area contributed by atoms with E-state index < -0.39 is 0 Å². The molecule has 7 aromatic carbocycles. The smallest absolute Gasteiger partial charge is 0.148 e. The van der Waals surface area contributed by atoms with Crippen LogP contribution in [-0.4, -0.2) is 19.6 Å². The molecule has 0 unspecified atom stereocenters. The second kappa shape index (κ2) is 14.8. The number of aromatic hydroxyl groups is 1. The summed E-state index contributed by atoms with van der Waals surface area (Å²) in [6.07, 6.45) is 1.88. The first-order valence-electron chi connectivity index (χ1n) is 20.2. The summed E-state index contributed by atoms with van der Waals surface area (Å²) < 4.78 is 8.88. The molecule has 10 rings (SSSR count). The molecule has 0 saturated heterocycles. The third-order valence-corrected chi connectivity index (χ3v) is 11.6. The zero-order chi connectivity index (χ0) is 40.6. The Morgan fingerprint density at radius 2 is 1.33 bits per heavy atom. The molecule has 60 heavy (non-hydrogen) atoms. The Balaban J connectivity index is 0.00000462. The SMILES string of the molecule is CC(C)(C)c1cc(-c2cccc3c2nc(-c2ccccc2O)n3-c2ccc(C(C)(C)C)cc2-c2ccccc2)[c-]c(-c2nccc3c2oc2ccc4ccccc4c23)c1.[Pt]. The van der Waals surface area contributed by atoms with E-state index >= 15 is 0 Å². The minimum Gasteiger partial charge on any atom is -0.507 e. The zero-order valence-corrected chi connectivity index (χ0v) is 36.7. The number of aromatic nitrogens is 3. The van der Waals surface area contributed by atoms with E-state index in [1.807, 2.05) is 30.5 Å². The van der Waals surface area contributed by atoms with E-state index in [0.29, 0.717) is 11.4 Å². The largest absolute Gasteiger partial charge is 0.507 e. The van der Waals surface area contributed by atoms with Gasteiger partial charge in [0.15, 0.2) is 0 Å². The molecule has 0 spiro atoms. The normalized spacial score (nSPS) is 12.1.